The standard InChI is InChI=1S/C11H11N/c1-2-6-11(9-12)10-7-4-3-5-8-10/h2-9,12H,1H2/b11-6+,12-9?. The Morgan fingerprint density at radius 2 is 1.92 bits per heavy atom. The van der Waals surface area contributed by atoms with Gasteiger partial charge in [-0.25, -0.2) is 0 Å². The van der Waals surface area contributed by atoms with Gasteiger partial charge >= 0.3 is 0 Å². The average molecular weight is 157 g/mol. The zero-order chi connectivity index (χ0) is 8.81. The molecule has 0 radical (unpaired) electrons. The Morgan fingerprint density at radius 1 is 1.25 bits per heavy atom. The molecule has 0 aliphatic rings. The van der Waals surface area contributed by atoms with Crippen LogP contribution < -0.4 is 0 Å². The highest BCUT2D eigenvalue weighted by Crippen LogP contribution is 2.10. The van der Waals surface area contributed by atoms with Crippen LogP contribution >= 0.6 is 0 Å². The lowest BCUT2D eigenvalue weighted by atomic mass is 10.1. The Labute approximate surface area is 72.6 Å². The van der Waals surface area contributed by atoms with Gasteiger partial charge in [-0.05, 0) is 11.1 Å². The molecule has 0 bridgehead atoms. The second-order valence-corrected chi connectivity index (χ2v) is 2.37. The summed E-state index contributed by atoms with van der Waals surface area (Å²) in [6.07, 6.45) is 4.84. The van der Waals surface area contributed by atoms with Gasteiger partial charge in [-0.3, -0.25) is 0 Å². The van der Waals surface area contributed by atoms with Gasteiger partial charge in [0.25, 0.3) is 0 Å². The molecule has 0 spiro atoms. The van der Waals surface area contributed by atoms with Gasteiger partial charge < -0.3 is 5.41 Å². The van der Waals surface area contributed by atoms with Crippen molar-refractivity contribution in [2.45, 2.75) is 0 Å². The molecular formula is C11H11N. The molecule has 0 aliphatic carbocycles. The summed E-state index contributed by atoms with van der Waals surface area (Å²) in [4.78, 5) is 0. The molecule has 0 aliphatic heterocycles. The molecule has 0 heterocycles. The van der Waals surface area contributed by atoms with Gasteiger partial charge in [-0.1, -0.05) is 49.1 Å². The van der Waals surface area contributed by atoms with Crippen molar-refractivity contribution in [2.24, 2.45) is 0 Å². The third kappa shape index (κ3) is 1.92. The smallest absolute Gasteiger partial charge is 0.0256 e. The number of hydrogen-bond acceptors (Lipinski definition) is 1. The molecule has 12 heavy (non-hydrogen) atoms. The summed E-state index contributed by atoms with van der Waals surface area (Å²) in [5.74, 6) is 0. The number of rotatable bonds is 3. The van der Waals surface area contributed by atoms with E-state index in [9.17, 15) is 0 Å². The van der Waals surface area contributed by atoms with Crippen molar-refractivity contribution in [1.82, 2.24) is 0 Å². The lowest BCUT2D eigenvalue weighted by Crippen LogP contribution is -1.82. The third-order valence-corrected chi connectivity index (χ3v) is 1.56. The average Bonchev–Trinajstić information content (AvgIpc) is 2.15. The lowest BCUT2D eigenvalue weighted by molar-refractivity contribution is 1.56. The van der Waals surface area contributed by atoms with Crippen molar-refractivity contribution in [2.75, 3.05) is 0 Å². The zero-order valence-corrected chi connectivity index (χ0v) is 6.83. The van der Waals surface area contributed by atoms with Crippen LogP contribution in [-0.4, -0.2) is 6.21 Å². The molecule has 1 aromatic rings. The Balaban J connectivity index is 3.03. The van der Waals surface area contributed by atoms with E-state index in [1.54, 1.807) is 6.08 Å². The van der Waals surface area contributed by atoms with Crippen LogP contribution in [0.5, 0.6) is 0 Å². The lowest BCUT2D eigenvalue weighted by Gasteiger charge is -1.98. The quantitative estimate of drug-likeness (QED) is 0.515. The zero-order valence-electron chi connectivity index (χ0n) is 6.83. The van der Waals surface area contributed by atoms with Crippen molar-refractivity contribution < 1.29 is 0 Å². The largest absolute Gasteiger partial charge is 0.308 e. The van der Waals surface area contributed by atoms with Crippen molar-refractivity contribution in [1.29, 1.82) is 5.41 Å². The molecule has 0 atom stereocenters. The molecule has 0 aromatic heterocycles. The van der Waals surface area contributed by atoms with Crippen LogP contribution in [0.3, 0.4) is 0 Å². The number of allylic oxidation sites excluding steroid dienone is 3. The summed E-state index contributed by atoms with van der Waals surface area (Å²) in [5.41, 5.74) is 1.93. The van der Waals surface area contributed by atoms with Gasteiger partial charge in [0.2, 0.25) is 0 Å². The molecular weight excluding hydrogens is 146 g/mol. The van der Waals surface area contributed by atoms with E-state index in [0.717, 1.165) is 11.1 Å². The molecule has 0 fully saturated rings. The highest BCUT2D eigenvalue weighted by Gasteiger charge is 1.93. The van der Waals surface area contributed by atoms with Gasteiger partial charge in [0.15, 0.2) is 0 Å². The Hall–Kier alpha value is -1.63. The fourth-order valence-corrected chi connectivity index (χ4v) is 0.985. The minimum Gasteiger partial charge on any atom is -0.308 e. The summed E-state index contributed by atoms with van der Waals surface area (Å²) in [7, 11) is 0. The van der Waals surface area contributed by atoms with Crippen molar-refractivity contribution in [3.8, 4) is 0 Å². The summed E-state index contributed by atoms with van der Waals surface area (Å²) < 4.78 is 0. The van der Waals surface area contributed by atoms with Gasteiger partial charge in [0, 0.05) is 6.21 Å². The Bertz CT molecular complexity index is 296. The topological polar surface area (TPSA) is 23.9 Å². The number of nitrogens with one attached hydrogen (secondary N) is 1. The van der Waals surface area contributed by atoms with E-state index in [0.29, 0.717) is 0 Å². The van der Waals surface area contributed by atoms with Crippen LogP contribution in [0.1, 0.15) is 5.56 Å². The van der Waals surface area contributed by atoms with Crippen LogP contribution in [0.4, 0.5) is 0 Å². The van der Waals surface area contributed by atoms with E-state index < -0.39 is 0 Å². The van der Waals surface area contributed by atoms with Gasteiger partial charge in [-0.15, -0.1) is 0 Å². The maximum atomic E-state index is 7.16. The molecule has 0 saturated carbocycles. The molecule has 1 aromatic carbocycles. The highest BCUT2D eigenvalue weighted by molar-refractivity contribution is 6.08. The molecule has 0 saturated heterocycles. The van der Waals surface area contributed by atoms with E-state index in [-0.39, 0.29) is 0 Å². The van der Waals surface area contributed by atoms with Crippen LogP contribution in [0.15, 0.2) is 49.1 Å². The first-order valence-corrected chi connectivity index (χ1v) is 3.77. The van der Waals surface area contributed by atoms with Crippen molar-refractivity contribution in [3.05, 3.63) is 54.6 Å². The fourth-order valence-electron chi connectivity index (χ4n) is 0.985. The van der Waals surface area contributed by atoms with Crippen molar-refractivity contribution in [3.63, 3.8) is 0 Å². The van der Waals surface area contributed by atoms with Crippen LogP contribution in [-0.2, 0) is 0 Å². The Morgan fingerprint density at radius 3 is 2.42 bits per heavy atom. The SMILES string of the molecule is C=C/C=C(\C=N)c1ccccc1. The molecule has 1 rings (SSSR count). The maximum absolute atomic E-state index is 7.16. The van der Waals surface area contributed by atoms with Crippen molar-refractivity contribution >= 4 is 11.8 Å². The minimum atomic E-state index is 0.880. The highest BCUT2D eigenvalue weighted by atomic mass is 14.3. The summed E-state index contributed by atoms with van der Waals surface area (Å²) in [6.45, 7) is 3.59. The van der Waals surface area contributed by atoms with E-state index >= 15 is 0 Å². The molecule has 0 unspecified atom stereocenters. The predicted octanol–water partition coefficient (Wildman–Crippen LogP) is 2.91. The van der Waals surface area contributed by atoms with E-state index in [1.807, 2.05) is 36.4 Å². The summed E-state index contributed by atoms with van der Waals surface area (Å²) >= 11 is 0. The maximum Gasteiger partial charge on any atom is 0.0256 e. The first-order valence-electron chi connectivity index (χ1n) is 3.77. The van der Waals surface area contributed by atoms with Crippen LogP contribution in [0, 0.1) is 5.41 Å². The van der Waals surface area contributed by atoms with E-state index in [2.05, 4.69) is 6.58 Å². The Kier molecular flexibility index (Phi) is 3.03. The fraction of sp³-hybridized carbons (Fsp3) is 0. The second kappa shape index (κ2) is 4.29. The molecule has 0 amide bonds. The second-order valence-electron chi connectivity index (χ2n) is 2.37. The summed E-state index contributed by atoms with van der Waals surface area (Å²) in [6, 6.07) is 9.81. The monoisotopic (exact) mass is 157 g/mol. The summed E-state index contributed by atoms with van der Waals surface area (Å²) in [5, 5.41) is 7.16. The third-order valence-electron chi connectivity index (χ3n) is 1.56. The van der Waals surface area contributed by atoms with Crippen LogP contribution in [0.2, 0.25) is 0 Å². The predicted molar refractivity (Wildman–Crippen MR) is 53.4 cm³/mol. The van der Waals surface area contributed by atoms with E-state index in [1.165, 1.54) is 6.21 Å². The molecule has 1 nitrogen and oxygen atoms in total. The van der Waals surface area contributed by atoms with Crippen LogP contribution in [0.25, 0.3) is 5.57 Å². The van der Waals surface area contributed by atoms with E-state index in [4.69, 9.17) is 5.41 Å². The molecule has 1 heteroatoms. The number of benzene rings is 1. The molecule has 1 N–H and O–H groups in total. The number of hydrogen-bond donors (Lipinski definition) is 1. The first kappa shape index (κ1) is 8.47. The first-order chi connectivity index (χ1) is 5.88. The normalized spacial score (nSPS) is 10.8. The van der Waals surface area contributed by atoms with Gasteiger partial charge in [-0.2, -0.15) is 0 Å². The van der Waals surface area contributed by atoms with Gasteiger partial charge in [0.05, 0.1) is 0 Å². The molecule has 60 valence electrons. The van der Waals surface area contributed by atoms with Gasteiger partial charge in [0.1, 0.15) is 0 Å². The minimum absolute atomic E-state index is 0.880.